The summed E-state index contributed by atoms with van der Waals surface area (Å²) in [6, 6.07) is 0. The molecule has 2 heterocycles. The molecule has 4 aliphatic carbocycles. The number of fused-ring (bicyclic) bond motifs is 7. The summed E-state index contributed by atoms with van der Waals surface area (Å²) in [5.74, 6) is 3.67. The molecule has 0 unspecified atom stereocenters. The Morgan fingerprint density at radius 2 is 1.65 bits per heavy atom. The van der Waals surface area contributed by atoms with Gasteiger partial charge in [0.25, 0.3) is 0 Å². The Labute approximate surface area is 188 Å². The van der Waals surface area contributed by atoms with E-state index in [1.54, 1.807) is 0 Å². The van der Waals surface area contributed by atoms with Crippen molar-refractivity contribution in [3.05, 3.63) is 0 Å². The van der Waals surface area contributed by atoms with Crippen molar-refractivity contribution in [2.45, 2.75) is 115 Å². The van der Waals surface area contributed by atoms with E-state index >= 15 is 0 Å². The van der Waals surface area contributed by atoms with Gasteiger partial charge in [0.15, 0.2) is 5.79 Å². The lowest BCUT2D eigenvalue weighted by atomic mass is 9.44. The van der Waals surface area contributed by atoms with E-state index in [1.807, 2.05) is 6.92 Å². The molecule has 176 valence electrons. The molecule has 0 bridgehead atoms. The lowest BCUT2D eigenvalue weighted by molar-refractivity contribution is -0.262. The lowest BCUT2D eigenvalue weighted by Gasteiger charge is -2.61. The molecule has 4 heteroatoms. The highest BCUT2D eigenvalue weighted by Crippen LogP contribution is 2.71. The van der Waals surface area contributed by atoms with Crippen molar-refractivity contribution in [3.63, 3.8) is 0 Å². The Bertz CT molecular complexity index is 741. The van der Waals surface area contributed by atoms with Crippen LogP contribution in [-0.2, 0) is 9.47 Å². The van der Waals surface area contributed by atoms with Crippen LogP contribution >= 0.6 is 0 Å². The van der Waals surface area contributed by atoms with Gasteiger partial charge in [0.1, 0.15) is 0 Å². The van der Waals surface area contributed by atoms with Crippen LogP contribution in [0.1, 0.15) is 91.9 Å². The van der Waals surface area contributed by atoms with Gasteiger partial charge in [-0.25, -0.2) is 0 Å². The van der Waals surface area contributed by atoms with Crippen LogP contribution in [-0.4, -0.2) is 40.4 Å². The van der Waals surface area contributed by atoms with Crippen molar-refractivity contribution >= 4 is 0 Å². The Morgan fingerprint density at radius 3 is 2.39 bits per heavy atom. The van der Waals surface area contributed by atoms with Crippen LogP contribution in [0.3, 0.4) is 0 Å². The molecule has 2 aliphatic heterocycles. The van der Waals surface area contributed by atoms with Crippen molar-refractivity contribution in [2.75, 3.05) is 6.61 Å². The smallest absolute Gasteiger partial charge is 0.172 e. The number of rotatable bonds is 1. The van der Waals surface area contributed by atoms with Crippen LogP contribution in [0.25, 0.3) is 0 Å². The highest BCUT2D eigenvalue weighted by atomic mass is 16.7. The number of aliphatic hydroxyl groups is 2. The molecule has 6 aliphatic rings. The summed E-state index contributed by atoms with van der Waals surface area (Å²) in [6.45, 7) is 9.68. The molecule has 0 radical (unpaired) electrons. The first-order valence-corrected chi connectivity index (χ1v) is 13.3. The van der Waals surface area contributed by atoms with Crippen LogP contribution in [0.5, 0.6) is 0 Å². The van der Waals surface area contributed by atoms with Gasteiger partial charge >= 0.3 is 0 Å². The van der Waals surface area contributed by atoms with E-state index in [0.717, 1.165) is 49.4 Å². The second-order valence-electron chi connectivity index (χ2n) is 13.4. The maximum atomic E-state index is 10.3. The summed E-state index contributed by atoms with van der Waals surface area (Å²) in [7, 11) is 0. The number of aliphatic hydroxyl groups excluding tert-OH is 2. The molecule has 2 N–H and O–H groups in total. The fourth-order valence-electron chi connectivity index (χ4n) is 10.4. The van der Waals surface area contributed by atoms with E-state index < -0.39 is 11.4 Å². The predicted octanol–water partition coefficient (Wildman–Crippen LogP) is 4.91. The van der Waals surface area contributed by atoms with Crippen molar-refractivity contribution in [1.29, 1.82) is 0 Å². The molecule has 6 rings (SSSR count). The number of hydrogen-bond donors (Lipinski definition) is 2. The third-order valence-corrected chi connectivity index (χ3v) is 12.1. The van der Waals surface area contributed by atoms with Crippen molar-refractivity contribution in [1.82, 2.24) is 0 Å². The van der Waals surface area contributed by atoms with Crippen LogP contribution < -0.4 is 0 Å². The third kappa shape index (κ3) is 2.74. The number of ether oxygens (including phenoxy) is 2. The zero-order valence-corrected chi connectivity index (χ0v) is 20.1. The Morgan fingerprint density at radius 1 is 0.871 bits per heavy atom. The van der Waals surface area contributed by atoms with Crippen LogP contribution in [0, 0.1) is 46.3 Å². The largest absolute Gasteiger partial charge is 0.393 e. The van der Waals surface area contributed by atoms with Gasteiger partial charge in [-0.2, -0.15) is 0 Å². The van der Waals surface area contributed by atoms with E-state index in [4.69, 9.17) is 9.47 Å². The molecule has 0 amide bonds. The highest BCUT2D eigenvalue weighted by Gasteiger charge is 2.70. The first-order chi connectivity index (χ1) is 14.6. The van der Waals surface area contributed by atoms with Gasteiger partial charge in [-0.15, -0.1) is 0 Å². The summed E-state index contributed by atoms with van der Waals surface area (Å²) < 4.78 is 13.4. The Kier molecular flexibility index (Phi) is 4.62. The summed E-state index contributed by atoms with van der Waals surface area (Å²) >= 11 is 0. The summed E-state index contributed by atoms with van der Waals surface area (Å²) in [6.07, 6.45) is 11.9. The Balaban J connectivity index is 1.26. The highest BCUT2D eigenvalue weighted by molar-refractivity contribution is 5.16. The molecule has 31 heavy (non-hydrogen) atoms. The maximum absolute atomic E-state index is 10.3. The minimum absolute atomic E-state index is 0.0595. The van der Waals surface area contributed by atoms with E-state index in [-0.39, 0.29) is 12.7 Å². The van der Waals surface area contributed by atoms with Gasteiger partial charge < -0.3 is 19.7 Å². The topological polar surface area (TPSA) is 58.9 Å². The molecule has 0 aromatic carbocycles. The maximum Gasteiger partial charge on any atom is 0.172 e. The predicted molar refractivity (Wildman–Crippen MR) is 119 cm³/mol. The SMILES string of the molecule is C[C@H]1[C@H]2[C@H](C[C@H]3[C@@H]4CC[C@H]5C[C@@H](O)CC[C@]5(C)[C@H]4CC[C@]23C)O[C@]12CC[C@@](C)(CO)O2. The van der Waals surface area contributed by atoms with E-state index in [2.05, 4.69) is 20.8 Å². The molecular formula is C27H44O4. The average molecular weight is 433 g/mol. The normalized spacial score (nSPS) is 62.9. The van der Waals surface area contributed by atoms with Gasteiger partial charge in [-0.3, -0.25) is 0 Å². The molecule has 4 saturated carbocycles. The molecule has 12 atom stereocenters. The van der Waals surface area contributed by atoms with Crippen molar-refractivity contribution < 1.29 is 19.7 Å². The minimum atomic E-state index is -0.471. The molecular weight excluding hydrogens is 388 g/mol. The number of hydrogen-bond acceptors (Lipinski definition) is 4. The summed E-state index contributed by atoms with van der Waals surface area (Å²) in [4.78, 5) is 0. The van der Waals surface area contributed by atoms with Crippen LogP contribution in [0.15, 0.2) is 0 Å². The van der Waals surface area contributed by atoms with E-state index in [9.17, 15) is 10.2 Å². The van der Waals surface area contributed by atoms with Gasteiger partial charge in [-0.05, 0) is 105 Å². The van der Waals surface area contributed by atoms with Crippen LogP contribution in [0.2, 0.25) is 0 Å². The van der Waals surface area contributed by atoms with Crippen molar-refractivity contribution in [2.24, 2.45) is 46.3 Å². The zero-order chi connectivity index (χ0) is 21.8. The third-order valence-electron chi connectivity index (χ3n) is 12.1. The fraction of sp³-hybridized carbons (Fsp3) is 1.00. The van der Waals surface area contributed by atoms with E-state index in [1.165, 1.54) is 38.5 Å². The molecule has 6 fully saturated rings. The fourth-order valence-corrected chi connectivity index (χ4v) is 10.4. The summed E-state index contributed by atoms with van der Waals surface area (Å²) in [5.41, 5.74) is 0.351. The first-order valence-electron chi connectivity index (χ1n) is 13.3. The molecule has 0 aromatic rings. The van der Waals surface area contributed by atoms with E-state index in [0.29, 0.717) is 28.8 Å². The lowest BCUT2D eigenvalue weighted by Crippen LogP contribution is -2.54. The van der Waals surface area contributed by atoms with Gasteiger partial charge in [0.2, 0.25) is 0 Å². The molecule has 4 nitrogen and oxygen atoms in total. The average Bonchev–Trinajstić information content (AvgIpc) is 3.32. The summed E-state index contributed by atoms with van der Waals surface area (Å²) in [5, 5.41) is 20.2. The van der Waals surface area contributed by atoms with Crippen molar-refractivity contribution in [3.8, 4) is 0 Å². The monoisotopic (exact) mass is 432 g/mol. The first kappa shape index (κ1) is 21.4. The van der Waals surface area contributed by atoms with Gasteiger partial charge in [0, 0.05) is 12.3 Å². The van der Waals surface area contributed by atoms with Gasteiger partial charge in [0.05, 0.1) is 24.4 Å². The standard InChI is InChI=1S/C27H44O4/c1-16-23-22(30-27(16)12-11-24(2,15-28)31-27)14-21-19-6-5-17-13-18(29)7-9-25(17,3)20(19)8-10-26(21,23)4/h16-23,28-29H,5-15H2,1-4H3/t16-,17-,18-,19+,20-,21-,22-,23-,24-,25-,26-,27-/m0/s1. The molecule has 1 spiro atoms. The zero-order valence-electron chi connectivity index (χ0n) is 20.1. The molecule has 2 saturated heterocycles. The second-order valence-corrected chi connectivity index (χ2v) is 13.4. The second kappa shape index (κ2) is 6.71. The molecule has 0 aromatic heterocycles. The Hall–Kier alpha value is -0.160. The quantitative estimate of drug-likeness (QED) is 0.618. The minimum Gasteiger partial charge on any atom is -0.393 e. The van der Waals surface area contributed by atoms with Gasteiger partial charge in [-0.1, -0.05) is 20.8 Å². The van der Waals surface area contributed by atoms with Crippen LogP contribution in [0.4, 0.5) is 0 Å².